The standard InChI is InChI=1S/C6H10O.C4H6O4/c1-5(2)7-6(3)4;1-3-2-6-8-4(5)7-3/h1,3H2,2,4H3;3H,2H2,1H3. The molecule has 0 aromatic rings. The highest BCUT2D eigenvalue weighted by molar-refractivity contribution is 5.59. The summed E-state index contributed by atoms with van der Waals surface area (Å²) in [4.78, 5) is 18.4. The molecule has 0 aromatic carbocycles. The van der Waals surface area contributed by atoms with Crippen LogP contribution in [0.5, 0.6) is 0 Å². The maximum atomic E-state index is 10.1. The van der Waals surface area contributed by atoms with E-state index in [-0.39, 0.29) is 6.10 Å². The number of hydrogen-bond donors (Lipinski definition) is 0. The highest BCUT2D eigenvalue weighted by Crippen LogP contribution is 2.01. The molecule has 1 unspecified atom stereocenters. The molecule has 1 atom stereocenters. The first-order chi connectivity index (χ1) is 6.91. The van der Waals surface area contributed by atoms with Gasteiger partial charge in [0.25, 0.3) is 0 Å². The Morgan fingerprint density at radius 1 is 1.40 bits per heavy atom. The zero-order valence-electron chi connectivity index (χ0n) is 9.24. The number of hydrogen-bond acceptors (Lipinski definition) is 5. The van der Waals surface area contributed by atoms with Crippen LogP contribution in [0.3, 0.4) is 0 Å². The Morgan fingerprint density at radius 3 is 2.13 bits per heavy atom. The first-order valence-corrected chi connectivity index (χ1v) is 4.40. The van der Waals surface area contributed by atoms with Crippen molar-refractivity contribution >= 4 is 6.16 Å². The summed E-state index contributed by atoms with van der Waals surface area (Å²) in [5.74, 6) is 1.38. The fourth-order valence-corrected chi connectivity index (χ4v) is 0.693. The van der Waals surface area contributed by atoms with Crippen molar-refractivity contribution in [1.82, 2.24) is 0 Å². The van der Waals surface area contributed by atoms with Crippen molar-refractivity contribution < 1.29 is 24.0 Å². The molecule has 0 radical (unpaired) electrons. The molecule has 0 aromatic heterocycles. The molecule has 0 spiro atoms. The van der Waals surface area contributed by atoms with Gasteiger partial charge in [0.05, 0.1) is 11.5 Å². The Balaban J connectivity index is 0.000000265. The van der Waals surface area contributed by atoms with Gasteiger partial charge >= 0.3 is 6.16 Å². The fourth-order valence-electron chi connectivity index (χ4n) is 0.693. The van der Waals surface area contributed by atoms with E-state index in [2.05, 4.69) is 27.7 Å². The monoisotopic (exact) mass is 216 g/mol. The predicted octanol–water partition coefficient (Wildman–Crippen LogP) is 2.54. The molecule has 5 heteroatoms. The summed E-state index contributed by atoms with van der Waals surface area (Å²) in [6, 6.07) is 0. The van der Waals surface area contributed by atoms with Gasteiger partial charge in [0.1, 0.15) is 12.7 Å². The number of carbonyl (C=O) groups is 1. The van der Waals surface area contributed by atoms with E-state index in [0.29, 0.717) is 18.1 Å². The average Bonchev–Trinajstić information content (AvgIpc) is 2.01. The van der Waals surface area contributed by atoms with Crippen molar-refractivity contribution in [3.8, 4) is 0 Å². The third kappa shape index (κ3) is 8.83. The molecule has 1 saturated heterocycles. The third-order valence-electron chi connectivity index (χ3n) is 1.08. The summed E-state index contributed by atoms with van der Waals surface area (Å²) in [7, 11) is 0. The molecule has 1 heterocycles. The van der Waals surface area contributed by atoms with Crippen LogP contribution in [0.1, 0.15) is 20.8 Å². The number of rotatable bonds is 2. The van der Waals surface area contributed by atoms with Gasteiger partial charge in [-0.25, -0.2) is 4.79 Å². The van der Waals surface area contributed by atoms with Gasteiger partial charge in [-0.15, -0.1) is 0 Å². The van der Waals surface area contributed by atoms with Crippen LogP contribution in [0.2, 0.25) is 0 Å². The molecule has 0 N–H and O–H groups in total. The van der Waals surface area contributed by atoms with Crippen LogP contribution in [0, 0.1) is 0 Å². The molecule has 1 aliphatic rings. The molecular weight excluding hydrogens is 200 g/mol. The van der Waals surface area contributed by atoms with E-state index >= 15 is 0 Å². The Hall–Kier alpha value is -1.49. The molecule has 86 valence electrons. The summed E-state index contributed by atoms with van der Waals surface area (Å²) in [6.45, 7) is 12.6. The normalized spacial score (nSPS) is 18.9. The Morgan fingerprint density at radius 2 is 1.93 bits per heavy atom. The summed E-state index contributed by atoms with van der Waals surface area (Å²) in [5.41, 5.74) is 0. The van der Waals surface area contributed by atoms with Crippen LogP contribution in [0.25, 0.3) is 0 Å². The lowest BCUT2D eigenvalue weighted by molar-refractivity contribution is -0.298. The molecule has 0 saturated carbocycles. The minimum absolute atomic E-state index is 0.184. The number of allylic oxidation sites excluding steroid dienone is 2. The van der Waals surface area contributed by atoms with E-state index in [9.17, 15) is 4.79 Å². The van der Waals surface area contributed by atoms with Gasteiger partial charge in [0.2, 0.25) is 0 Å². The minimum Gasteiger partial charge on any atom is -0.468 e. The van der Waals surface area contributed by atoms with Gasteiger partial charge in [0, 0.05) is 0 Å². The highest BCUT2D eigenvalue weighted by atomic mass is 17.2. The molecule has 15 heavy (non-hydrogen) atoms. The van der Waals surface area contributed by atoms with Crippen molar-refractivity contribution in [2.75, 3.05) is 6.61 Å². The largest absolute Gasteiger partial charge is 0.540 e. The summed E-state index contributed by atoms with van der Waals surface area (Å²) < 4.78 is 9.36. The topological polar surface area (TPSA) is 54.0 Å². The van der Waals surface area contributed by atoms with Gasteiger partial charge in [-0.1, -0.05) is 13.2 Å². The van der Waals surface area contributed by atoms with Gasteiger partial charge in [0.15, 0.2) is 0 Å². The predicted molar refractivity (Wildman–Crippen MR) is 53.7 cm³/mol. The smallest absolute Gasteiger partial charge is 0.468 e. The van der Waals surface area contributed by atoms with Crippen molar-refractivity contribution in [2.45, 2.75) is 26.9 Å². The van der Waals surface area contributed by atoms with Crippen molar-refractivity contribution in [1.29, 1.82) is 0 Å². The Kier molecular flexibility index (Phi) is 6.21. The van der Waals surface area contributed by atoms with Gasteiger partial charge in [-0.05, 0) is 20.8 Å². The average molecular weight is 216 g/mol. The quantitative estimate of drug-likeness (QED) is 0.403. The first kappa shape index (κ1) is 13.5. The maximum absolute atomic E-state index is 10.1. The lowest BCUT2D eigenvalue weighted by Gasteiger charge is -2.15. The van der Waals surface area contributed by atoms with Crippen LogP contribution in [0.4, 0.5) is 4.79 Å². The van der Waals surface area contributed by atoms with E-state index in [1.807, 2.05) is 0 Å². The van der Waals surface area contributed by atoms with E-state index in [0.717, 1.165) is 0 Å². The third-order valence-corrected chi connectivity index (χ3v) is 1.08. The van der Waals surface area contributed by atoms with E-state index in [1.165, 1.54) is 0 Å². The summed E-state index contributed by atoms with van der Waals surface area (Å²) >= 11 is 0. The van der Waals surface area contributed by atoms with Crippen LogP contribution in [0.15, 0.2) is 24.7 Å². The van der Waals surface area contributed by atoms with Crippen LogP contribution in [-0.2, 0) is 19.2 Å². The Bertz CT molecular complexity index is 234. The van der Waals surface area contributed by atoms with Crippen molar-refractivity contribution in [3.63, 3.8) is 0 Å². The van der Waals surface area contributed by atoms with Crippen LogP contribution >= 0.6 is 0 Å². The Labute approximate surface area is 89.2 Å². The SMILES string of the molecule is C=C(C)OC(=C)C.CC1COOC(=O)O1. The molecule has 0 amide bonds. The zero-order chi connectivity index (χ0) is 11.8. The molecule has 1 aliphatic heterocycles. The molecule has 5 nitrogen and oxygen atoms in total. The zero-order valence-corrected chi connectivity index (χ0v) is 9.24. The fraction of sp³-hybridized carbons (Fsp3) is 0.500. The summed E-state index contributed by atoms with van der Waals surface area (Å²) in [6.07, 6.45) is -0.944. The van der Waals surface area contributed by atoms with E-state index < -0.39 is 6.16 Å². The summed E-state index contributed by atoms with van der Waals surface area (Å²) in [5, 5.41) is 0. The van der Waals surface area contributed by atoms with Gasteiger partial charge in [-0.2, -0.15) is 4.89 Å². The second-order valence-electron chi connectivity index (χ2n) is 3.05. The second kappa shape index (κ2) is 6.89. The van der Waals surface area contributed by atoms with E-state index in [1.54, 1.807) is 20.8 Å². The van der Waals surface area contributed by atoms with Gasteiger partial charge < -0.3 is 9.47 Å². The van der Waals surface area contributed by atoms with Gasteiger partial charge in [-0.3, -0.25) is 4.89 Å². The van der Waals surface area contributed by atoms with E-state index in [4.69, 9.17) is 4.74 Å². The van der Waals surface area contributed by atoms with Crippen molar-refractivity contribution in [3.05, 3.63) is 24.7 Å². The first-order valence-electron chi connectivity index (χ1n) is 4.40. The maximum Gasteiger partial charge on any atom is 0.540 e. The molecule has 0 aliphatic carbocycles. The number of cyclic esters (lactones) is 1. The lowest BCUT2D eigenvalue weighted by Crippen LogP contribution is -2.27. The minimum atomic E-state index is -0.760. The molecule has 1 fully saturated rings. The second-order valence-corrected chi connectivity index (χ2v) is 3.05. The lowest BCUT2D eigenvalue weighted by atomic mass is 10.4. The van der Waals surface area contributed by atoms with Crippen LogP contribution in [-0.4, -0.2) is 18.9 Å². The van der Waals surface area contributed by atoms with Crippen molar-refractivity contribution in [2.24, 2.45) is 0 Å². The van der Waals surface area contributed by atoms with Crippen LogP contribution < -0.4 is 0 Å². The molecule has 1 rings (SSSR count). The highest BCUT2D eigenvalue weighted by Gasteiger charge is 2.17. The molecular formula is C10H16O5. The number of ether oxygens (including phenoxy) is 2. The molecule has 0 bridgehead atoms. The number of carbonyl (C=O) groups excluding carboxylic acids is 1.